The van der Waals surface area contributed by atoms with Gasteiger partial charge in [0.15, 0.2) is 0 Å². The molecule has 1 aromatic carbocycles. The van der Waals surface area contributed by atoms with Gasteiger partial charge in [-0.15, -0.1) is 0 Å². The smallest absolute Gasteiger partial charge is 0.410 e. The van der Waals surface area contributed by atoms with Gasteiger partial charge in [0.2, 0.25) is 0 Å². The summed E-state index contributed by atoms with van der Waals surface area (Å²) < 4.78 is 25.4. The molecular weight excluding hydrogens is 361 g/mol. The number of hydrogen-bond acceptors (Lipinski definition) is 5. The Labute approximate surface area is 165 Å². The van der Waals surface area contributed by atoms with E-state index in [1.807, 2.05) is 26.8 Å². The standard InChI is InChI=1S/C21H28FN3O3/c1-14-16(5-6-18(22)17(14)11-23)19-13-24-8-9-25(12-15(24)7-10-27-19)20(26)28-21(2,3)4/h5-6,15,19H,7-10,12-13H2,1-4H3. The van der Waals surface area contributed by atoms with E-state index in [-0.39, 0.29) is 23.8 Å². The zero-order valence-corrected chi connectivity index (χ0v) is 17.0. The van der Waals surface area contributed by atoms with Gasteiger partial charge < -0.3 is 14.4 Å². The average molecular weight is 389 g/mol. The highest BCUT2D eigenvalue weighted by Gasteiger charge is 2.35. The van der Waals surface area contributed by atoms with Crippen molar-refractivity contribution in [3.05, 3.63) is 34.6 Å². The van der Waals surface area contributed by atoms with Crippen LogP contribution < -0.4 is 0 Å². The summed E-state index contributed by atoms with van der Waals surface area (Å²) in [4.78, 5) is 16.5. The summed E-state index contributed by atoms with van der Waals surface area (Å²) in [5.74, 6) is -0.499. The summed E-state index contributed by atoms with van der Waals surface area (Å²) in [6.45, 7) is 10.5. The monoisotopic (exact) mass is 389 g/mol. The van der Waals surface area contributed by atoms with Gasteiger partial charge in [-0.3, -0.25) is 4.90 Å². The molecule has 2 heterocycles. The Morgan fingerprint density at radius 3 is 2.75 bits per heavy atom. The van der Waals surface area contributed by atoms with E-state index in [0.29, 0.717) is 31.8 Å². The number of benzene rings is 1. The Kier molecular flexibility index (Phi) is 5.92. The summed E-state index contributed by atoms with van der Waals surface area (Å²) >= 11 is 0. The molecule has 7 heteroatoms. The van der Waals surface area contributed by atoms with Crippen molar-refractivity contribution >= 4 is 6.09 Å². The minimum atomic E-state index is -0.509. The van der Waals surface area contributed by atoms with E-state index in [2.05, 4.69) is 4.90 Å². The molecule has 0 bridgehead atoms. The van der Waals surface area contributed by atoms with E-state index >= 15 is 0 Å². The molecule has 2 aliphatic rings. The van der Waals surface area contributed by atoms with Gasteiger partial charge in [0.1, 0.15) is 17.5 Å². The van der Waals surface area contributed by atoms with Crippen LogP contribution in [0.5, 0.6) is 0 Å². The van der Waals surface area contributed by atoms with Crippen LogP contribution in [0.2, 0.25) is 0 Å². The second kappa shape index (κ2) is 8.06. The maximum Gasteiger partial charge on any atom is 0.410 e. The number of rotatable bonds is 1. The van der Waals surface area contributed by atoms with Crippen molar-refractivity contribution in [2.24, 2.45) is 0 Å². The molecule has 2 aliphatic heterocycles. The van der Waals surface area contributed by atoms with Crippen LogP contribution in [0.4, 0.5) is 9.18 Å². The molecule has 2 unspecified atom stereocenters. The van der Waals surface area contributed by atoms with Gasteiger partial charge in [-0.1, -0.05) is 6.07 Å². The van der Waals surface area contributed by atoms with E-state index in [1.165, 1.54) is 6.07 Å². The zero-order chi connectivity index (χ0) is 20.5. The maximum atomic E-state index is 13.9. The van der Waals surface area contributed by atoms with Crippen LogP contribution in [-0.4, -0.2) is 60.3 Å². The third-order valence-electron chi connectivity index (χ3n) is 5.34. The van der Waals surface area contributed by atoms with Gasteiger partial charge in [0.05, 0.1) is 11.7 Å². The van der Waals surface area contributed by atoms with Crippen molar-refractivity contribution in [2.45, 2.75) is 51.9 Å². The molecule has 0 spiro atoms. The lowest BCUT2D eigenvalue weighted by Crippen LogP contribution is -2.55. The second-order valence-corrected chi connectivity index (χ2v) is 8.47. The molecule has 0 saturated carbocycles. The number of halogens is 1. The molecule has 2 saturated heterocycles. The fraction of sp³-hybridized carbons (Fsp3) is 0.619. The van der Waals surface area contributed by atoms with Crippen LogP contribution in [0.3, 0.4) is 0 Å². The number of carbonyl (C=O) groups is 1. The molecule has 0 aromatic heterocycles. The van der Waals surface area contributed by atoms with Crippen LogP contribution in [0.15, 0.2) is 12.1 Å². The minimum Gasteiger partial charge on any atom is -0.444 e. The van der Waals surface area contributed by atoms with E-state index in [4.69, 9.17) is 9.47 Å². The Hall–Kier alpha value is -2.17. The molecule has 0 radical (unpaired) electrons. The zero-order valence-electron chi connectivity index (χ0n) is 17.0. The molecule has 3 rings (SSSR count). The summed E-state index contributed by atoms with van der Waals surface area (Å²) in [7, 11) is 0. The number of amides is 1. The van der Waals surface area contributed by atoms with Crippen LogP contribution in [-0.2, 0) is 9.47 Å². The van der Waals surface area contributed by atoms with Gasteiger partial charge in [-0.2, -0.15) is 5.26 Å². The van der Waals surface area contributed by atoms with Crippen molar-refractivity contribution in [3.8, 4) is 6.07 Å². The first-order chi connectivity index (χ1) is 13.2. The molecule has 0 aliphatic carbocycles. The molecule has 2 fully saturated rings. The normalized spacial score (nSPS) is 23.5. The fourth-order valence-corrected chi connectivity index (χ4v) is 3.88. The minimum absolute atomic E-state index is 0.0802. The van der Waals surface area contributed by atoms with Crippen molar-refractivity contribution < 1.29 is 18.7 Å². The Morgan fingerprint density at radius 1 is 1.32 bits per heavy atom. The number of piperazine rings is 1. The highest BCUT2D eigenvalue weighted by Crippen LogP contribution is 2.30. The van der Waals surface area contributed by atoms with Crippen LogP contribution in [0, 0.1) is 24.1 Å². The molecule has 1 amide bonds. The molecule has 152 valence electrons. The van der Waals surface area contributed by atoms with Gasteiger partial charge in [-0.05, 0) is 51.3 Å². The number of hydrogen-bond donors (Lipinski definition) is 0. The predicted octanol–water partition coefficient (Wildman–Crippen LogP) is 3.39. The lowest BCUT2D eigenvalue weighted by Gasteiger charge is -2.41. The van der Waals surface area contributed by atoms with Gasteiger partial charge in [0.25, 0.3) is 0 Å². The Morgan fingerprint density at radius 2 is 2.07 bits per heavy atom. The van der Waals surface area contributed by atoms with E-state index in [1.54, 1.807) is 17.9 Å². The summed E-state index contributed by atoms with van der Waals surface area (Å²) in [5.41, 5.74) is 1.06. The predicted molar refractivity (Wildman–Crippen MR) is 102 cm³/mol. The Balaban J connectivity index is 1.71. The van der Waals surface area contributed by atoms with E-state index in [9.17, 15) is 14.4 Å². The van der Waals surface area contributed by atoms with Gasteiger partial charge in [0, 0.05) is 38.8 Å². The number of carbonyl (C=O) groups excluding carboxylic acids is 1. The maximum absolute atomic E-state index is 13.9. The summed E-state index contributed by atoms with van der Waals surface area (Å²) in [6, 6.07) is 5.20. The van der Waals surface area contributed by atoms with Crippen molar-refractivity contribution in [2.75, 3.05) is 32.8 Å². The lowest BCUT2D eigenvalue weighted by atomic mass is 9.97. The quantitative estimate of drug-likeness (QED) is 0.737. The SMILES string of the molecule is Cc1c(C2CN3CCN(C(=O)OC(C)(C)C)CC3CCO2)ccc(F)c1C#N. The first-order valence-electron chi connectivity index (χ1n) is 9.72. The van der Waals surface area contributed by atoms with Crippen LogP contribution >= 0.6 is 0 Å². The molecule has 1 aromatic rings. The van der Waals surface area contributed by atoms with Crippen LogP contribution in [0.25, 0.3) is 0 Å². The van der Waals surface area contributed by atoms with E-state index < -0.39 is 11.4 Å². The number of nitrogens with zero attached hydrogens (tertiary/aromatic N) is 3. The molecular formula is C21H28FN3O3. The largest absolute Gasteiger partial charge is 0.444 e. The van der Waals surface area contributed by atoms with Crippen molar-refractivity contribution in [3.63, 3.8) is 0 Å². The highest BCUT2D eigenvalue weighted by molar-refractivity contribution is 5.68. The Bertz CT molecular complexity index is 784. The number of fused-ring (bicyclic) bond motifs is 1. The number of ether oxygens (including phenoxy) is 2. The van der Waals surface area contributed by atoms with Crippen LogP contribution in [0.1, 0.15) is 50.0 Å². The average Bonchev–Trinajstić information content (AvgIpc) is 2.82. The second-order valence-electron chi connectivity index (χ2n) is 8.47. The van der Waals surface area contributed by atoms with Crippen molar-refractivity contribution in [1.29, 1.82) is 5.26 Å². The van der Waals surface area contributed by atoms with E-state index in [0.717, 1.165) is 18.5 Å². The first-order valence-corrected chi connectivity index (χ1v) is 9.72. The highest BCUT2D eigenvalue weighted by atomic mass is 19.1. The first kappa shape index (κ1) is 20.6. The third kappa shape index (κ3) is 4.45. The topological polar surface area (TPSA) is 65.8 Å². The van der Waals surface area contributed by atoms with Gasteiger partial charge in [-0.25, -0.2) is 9.18 Å². The molecule has 2 atom stereocenters. The lowest BCUT2D eigenvalue weighted by molar-refractivity contribution is 0.00193. The number of nitriles is 1. The molecule has 0 N–H and O–H groups in total. The third-order valence-corrected chi connectivity index (χ3v) is 5.34. The fourth-order valence-electron chi connectivity index (χ4n) is 3.88. The summed E-state index contributed by atoms with van der Waals surface area (Å²) in [5, 5.41) is 9.24. The summed E-state index contributed by atoms with van der Waals surface area (Å²) in [6.07, 6.45) is 0.314. The van der Waals surface area contributed by atoms with Gasteiger partial charge >= 0.3 is 6.09 Å². The molecule has 6 nitrogen and oxygen atoms in total. The van der Waals surface area contributed by atoms with Crippen molar-refractivity contribution in [1.82, 2.24) is 9.80 Å². The molecule has 28 heavy (non-hydrogen) atoms.